The highest BCUT2D eigenvalue weighted by molar-refractivity contribution is 6.10. The summed E-state index contributed by atoms with van der Waals surface area (Å²) in [6, 6.07) is 1.77. The Morgan fingerprint density at radius 3 is 3.00 bits per heavy atom. The van der Waals surface area contributed by atoms with E-state index in [1.54, 1.807) is 17.3 Å². The number of H-pyrrole nitrogens is 1. The summed E-state index contributed by atoms with van der Waals surface area (Å²) in [5, 5.41) is 4.03. The standard InChI is InChI=1S/C18H22N4O2/c1-2-14(17(23)21-12-5-3-4-6-12)22-10-11-7-8-19-16-15(11)13(9-20-16)18(22)24/h7-9,12,14H,2-6,10H2,1H3,(H,19,20)(H,21,23). The molecule has 0 bridgehead atoms. The van der Waals surface area contributed by atoms with Gasteiger partial charge in [-0.25, -0.2) is 4.98 Å². The van der Waals surface area contributed by atoms with Gasteiger partial charge in [-0.3, -0.25) is 9.59 Å². The molecule has 4 rings (SSSR count). The van der Waals surface area contributed by atoms with Gasteiger partial charge in [0.25, 0.3) is 5.91 Å². The fraction of sp³-hybridized carbons (Fsp3) is 0.500. The number of aromatic amines is 1. The van der Waals surface area contributed by atoms with Gasteiger partial charge in [0.1, 0.15) is 11.7 Å². The number of nitrogens with zero attached hydrogens (tertiary/aromatic N) is 2. The van der Waals surface area contributed by atoms with Crippen molar-refractivity contribution in [1.29, 1.82) is 0 Å². The molecule has 0 radical (unpaired) electrons. The molecule has 6 nitrogen and oxygen atoms in total. The number of nitrogens with one attached hydrogen (secondary N) is 2. The minimum atomic E-state index is -0.427. The zero-order valence-corrected chi connectivity index (χ0v) is 13.8. The van der Waals surface area contributed by atoms with E-state index < -0.39 is 6.04 Å². The fourth-order valence-corrected chi connectivity index (χ4v) is 4.00. The van der Waals surface area contributed by atoms with Crippen LogP contribution in [-0.2, 0) is 11.3 Å². The molecule has 1 aliphatic heterocycles. The van der Waals surface area contributed by atoms with Crippen molar-refractivity contribution in [2.75, 3.05) is 0 Å². The first-order chi connectivity index (χ1) is 11.7. The zero-order chi connectivity index (χ0) is 16.7. The molecule has 1 aliphatic carbocycles. The van der Waals surface area contributed by atoms with Crippen LogP contribution in [0.5, 0.6) is 0 Å². The van der Waals surface area contributed by atoms with Gasteiger partial charge >= 0.3 is 0 Å². The summed E-state index contributed by atoms with van der Waals surface area (Å²) in [5.74, 6) is -0.114. The van der Waals surface area contributed by atoms with Crippen LogP contribution in [0.15, 0.2) is 18.5 Å². The highest BCUT2D eigenvalue weighted by Gasteiger charge is 2.35. The number of pyridine rings is 1. The number of carbonyl (C=O) groups excluding carboxylic acids is 2. The SMILES string of the molecule is CCC(C(=O)NC1CCCC1)N1Cc2ccnc3[nH]cc(c23)C1=O. The molecule has 1 fully saturated rings. The zero-order valence-electron chi connectivity index (χ0n) is 13.8. The molecule has 2 N–H and O–H groups in total. The van der Waals surface area contributed by atoms with E-state index in [4.69, 9.17) is 0 Å². The third-order valence-electron chi connectivity index (χ3n) is 5.26. The van der Waals surface area contributed by atoms with Crippen LogP contribution < -0.4 is 5.32 Å². The van der Waals surface area contributed by atoms with Crippen LogP contribution in [0.4, 0.5) is 0 Å². The van der Waals surface area contributed by atoms with Crippen LogP contribution >= 0.6 is 0 Å². The van der Waals surface area contributed by atoms with Gasteiger partial charge in [-0.05, 0) is 30.9 Å². The van der Waals surface area contributed by atoms with Crippen molar-refractivity contribution in [2.45, 2.75) is 57.7 Å². The molecular weight excluding hydrogens is 304 g/mol. The molecule has 1 unspecified atom stereocenters. The Labute approximate surface area is 140 Å². The monoisotopic (exact) mass is 326 g/mol. The Hall–Kier alpha value is -2.37. The summed E-state index contributed by atoms with van der Waals surface area (Å²) < 4.78 is 0. The molecular formula is C18H22N4O2. The lowest BCUT2D eigenvalue weighted by molar-refractivity contribution is -0.126. The van der Waals surface area contributed by atoms with Crippen LogP contribution in [0.1, 0.15) is 54.9 Å². The number of hydrogen-bond acceptors (Lipinski definition) is 3. The number of hydrogen-bond donors (Lipinski definition) is 2. The minimum absolute atomic E-state index is 0.0259. The quantitative estimate of drug-likeness (QED) is 0.905. The molecule has 2 amide bonds. The van der Waals surface area contributed by atoms with E-state index in [1.165, 1.54) is 12.8 Å². The largest absolute Gasteiger partial charge is 0.352 e. The molecule has 24 heavy (non-hydrogen) atoms. The second kappa shape index (κ2) is 5.92. The Morgan fingerprint density at radius 2 is 2.25 bits per heavy atom. The lowest BCUT2D eigenvalue weighted by atomic mass is 10.00. The minimum Gasteiger partial charge on any atom is -0.352 e. The van der Waals surface area contributed by atoms with Crippen molar-refractivity contribution in [3.63, 3.8) is 0 Å². The molecule has 0 saturated heterocycles. The van der Waals surface area contributed by atoms with E-state index in [-0.39, 0.29) is 17.9 Å². The predicted molar refractivity (Wildman–Crippen MR) is 90.4 cm³/mol. The maximum Gasteiger partial charge on any atom is 0.257 e. The topological polar surface area (TPSA) is 78.1 Å². The van der Waals surface area contributed by atoms with Crippen molar-refractivity contribution in [3.8, 4) is 0 Å². The molecule has 2 aromatic rings. The van der Waals surface area contributed by atoms with Crippen molar-refractivity contribution in [1.82, 2.24) is 20.2 Å². The Bertz CT molecular complexity index is 791. The summed E-state index contributed by atoms with van der Waals surface area (Å²) >= 11 is 0. The van der Waals surface area contributed by atoms with E-state index >= 15 is 0 Å². The highest BCUT2D eigenvalue weighted by atomic mass is 16.2. The van der Waals surface area contributed by atoms with Crippen LogP contribution in [0.3, 0.4) is 0 Å². The molecule has 3 heterocycles. The van der Waals surface area contributed by atoms with Crippen LogP contribution in [0.25, 0.3) is 11.0 Å². The first kappa shape index (κ1) is 15.2. The van der Waals surface area contributed by atoms with Crippen molar-refractivity contribution in [3.05, 3.63) is 29.6 Å². The van der Waals surface area contributed by atoms with Crippen LogP contribution in [0, 0.1) is 0 Å². The second-order valence-electron chi connectivity index (χ2n) is 6.74. The molecule has 0 spiro atoms. The van der Waals surface area contributed by atoms with Crippen molar-refractivity contribution < 1.29 is 9.59 Å². The summed E-state index contributed by atoms with van der Waals surface area (Å²) in [4.78, 5) is 34.7. The average Bonchev–Trinajstić information content (AvgIpc) is 3.23. The van der Waals surface area contributed by atoms with E-state index in [0.29, 0.717) is 18.5 Å². The van der Waals surface area contributed by atoms with Gasteiger partial charge in [0.05, 0.1) is 5.56 Å². The Balaban J connectivity index is 1.61. The van der Waals surface area contributed by atoms with Gasteiger partial charge in [-0.1, -0.05) is 19.8 Å². The van der Waals surface area contributed by atoms with Crippen molar-refractivity contribution >= 4 is 22.8 Å². The molecule has 6 heteroatoms. The summed E-state index contributed by atoms with van der Waals surface area (Å²) in [5.41, 5.74) is 2.40. The van der Waals surface area contributed by atoms with Gasteiger partial charge in [0, 0.05) is 30.4 Å². The Morgan fingerprint density at radius 1 is 1.46 bits per heavy atom. The molecule has 0 aromatic carbocycles. The Kier molecular flexibility index (Phi) is 3.75. The smallest absolute Gasteiger partial charge is 0.257 e. The molecule has 126 valence electrons. The molecule has 1 atom stereocenters. The van der Waals surface area contributed by atoms with Crippen LogP contribution in [0.2, 0.25) is 0 Å². The third kappa shape index (κ3) is 2.37. The molecule has 2 aliphatic rings. The highest BCUT2D eigenvalue weighted by Crippen LogP contribution is 2.30. The van der Waals surface area contributed by atoms with Gasteiger partial charge in [0.15, 0.2) is 0 Å². The number of carbonyl (C=O) groups is 2. The summed E-state index contributed by atoms with van der Waals surface area (Å²) in [7, 11) is 0. The maximum absolute atomic E-state index is 12.9. The van der Waals surface area contributed by atoms with Gasteiger partial charge in [-0.2, -0.15) is 0 Å². The molecule has 1 saturated carbocycles. The molecule has 2 aromatic heterocycles. The first-order valence-electron chi connectivity index (χ1n) is 8.75. The van der Waals surface area contributed by atoms with E-state index in [9.17, 15) is 9.59 Å². The van der Waals surface area contributed by atoms with E-state index in [1.807, 2.05) is 13.0 Å². The van der Waals surface area contributed by atoms with Gasteiger partial charge < -0.3 is 15.2 Å². The average molecular weight is 326 g/mol. The second-order valence-corrected chi connectivity index (χ2v) is 6.74. The maximum atomic E-state index is 12.9. The van der Waals surface area contributed by atoms with Crippen molar-refractivity contribution in [2.24, 2.45) is 0 Å². The number of rotatable bonds is 4. The van der Waals surface area contributed by atoms with E-state index in [2.05, 4.69) is 15.3 Å². The van der Waals surface area contributed by atoms with E-state index in [0.717, 1.165) is 29.4 Å². The lowest BCUT2D eigenvalue weighted by Crippen LogP contribution is -2.51. The lowest BCUT2D eigenvalue weighted by Gasteiger charge is -2.33. The summed E-state index contributed by atoms with van der Waals surface area (Å²) in [6.45, 7) is 2.42. The first-order valence-corrected chi connectivity index (χ1v) is 8.75. The predicted octanol–water partition coefficient (Wildman–Crippen LogP) is 2.36. The van der Waals surface area contributed by atoms with Gasteiger partial charge in [-0.15, -0.1) is 0 Å². The fourth-order valence-electron chi connectivity index (χ4n) is 4.00. The third-order valence-corrected chi connectivity index (χ3v) is 5.26. The summed E-state index contributed by atoms with van der Waals surface area (Å²) in [6.07, 6.45) is 8.49. The van der Waals surface area contributed by atoms with Crippen LogP contribution in [-0.4, -0.2) is 38.8 Å². The normalized spacial score (nSPS) is 19.0. The number of aromatic nitrogens is 2. The number of amides is 2. The van der Waals surface area contributed by atoms with Gasteiger partial charge in [0.2, 0.25) is 5.91 Å².